The van der Waals surface area contributed by atoms with Gasteiger partial charge in [0.1, 0.15) is 0 Å². The molecule has 0 saturated heterocycles. The Morgan fingerprint density at radius 2 is 2.05 bits per heavy atom. The second kappa shape index (κ2) is 5.79. The zero-order chi connectivity index (χ0) is 13.1. The van der Waals surface area contributed by atoms with Crippen molar-refractivity contribution in [3.8, 4) is 0 Å². The van der Waals surface area contributed by atoms with E-state index in [0.717, 1.165) is 12.0 Å². The van der Waals surface area contributed by atoms with E-state index in [-0.39, 0.29) is 0 Å². The standard InChI is InChI=1S/C17H24N2/c1-13-6-2-4-8-16(13)18-11-10-14-12-19-17-9-5-3-7-15(14)17/h3,5,7,9,12-13,16,18-19H,2,4,6,8,10-11H2,1H3/p+1/t13-,16-/m0/s1. The van der Waals surface area contributed by atoms with E-state index in [0.29, 0.717) is 0 Å². The first-order valence-corrected chi connectivity index (χ1v) is 7.73. The van der Waals surface area contributed by atoms with Crippen LogP contribution in [-0.4, -0.2) is 17.6 Å². The van der Waals surface area contributed by atoms with Crippen molar-refractivity contribution in [2.75, 3.05) is 6.54 Å². The fourth-order valence-corrected chi connectivity index (χ4v) is 3.49. The lowest BCUT2D eigenvalue weighted by molar-refractivity contribution is -0.697. The molecular weight excluding hydrogens is 232 g/mol. The molecule has 0 aliphatic heterocycles. The van der Waals surface area contributed by atoms with Crippen molar-refractivity contribution in [3.63, 3.8) is 0 Å². The largest absolute Gasteiger partial charge is 0.361 e. The van der Waals surface area contributed by atoms with Crippen LogP contribution >= 0.6 is 0 Å². The quantitative estimate of drug-likeness (QED) is 0.844. The van der Waals surface area contributed by atoms with Gasteiger partial charge in [-0.25, -0.2) is 0 Å². The third-order valence-electron chi connectivity index (χ3n) is 4.74. The van der Waals surface area contributed by atoms with Gasteiger partial charge in [-0.3, -0.25) is 0 Å². The second-order valence-corrected chi connectivity index (χ2v) is 6.06. The van der Waals surface area contributed by atoms with Crippen molar-refractivity contribution < 1.29 is 5.32 Å². The molecule has 19 heavy (non-hydrogen) atoms. The predicted octanol–water partition coefficient (Wildman–Crippen LogP) is 2.85. The van der Waals surface area contributed by atoms with Gasteiger partial charge in [-0.15, -0.1) is 0 Å². The van der Waals surface area contributed by atoms with E-state index in [2.05, 4.69) is 47.7 Å². The van der Waals surface area contributed by atoms with Crippen LogP contribution in [0.2, 0.25) is 0 Å². The Morgan fingerprint density at radius 1 is 1.21 bits per heavy atom. The van der Waals surface area contributed by atoms with Crippen molar-refractivity contribution >= 4 is 10.9 Å². The summed E-state index contributed by atoms with van der Waals surface area (Å²) in [5.74, 6) is 0.900. The maximum atomic E-state index is 3.37. The average molecular weight is 257 g/mol. The molecule has 1 aliphatic rings. The molecule has 0 radical (unpaired) electrons. The van der Waals surface area contributed by atoms with Crippen molar-refractivity contribution in [3.05, 3.63) is 36.0 Å². The smallest absolute Gasteiger partial charge is 0.0884 e. The molecule has 1 aromatic heterocycles. The topological polar surface area (TPSA) is 32.4 Å². The van der Waals surface area contributed by atoms with Gasteiger partial charge < -0.3 is 10.3 Å². The Bertz CT molecular complexity index is 529. The highest BCUT2D eigenvalue weighted by molar-refractivity contribution is 5.82. The maximum Gasteiger partial charge on any atom is 0.0884 e. The molecule has 102 valence electrons. The van der Waals surface area contributed by atoms with Gasteiger partial charge in [-0.05, 0) is 30.9 Å². The highest BCUT2D eigenvalue weighted by Crippen LogP contribution is 2.21. The predicted molar refractivity (Wildman–Crippen MR) is 80.2 cm³/mol. The molecule has 3 rings (SSSR count). The summed E-state index contributed by atoms with van der Waals surface area (Å²) in [4.78, 5) is 3.37. The first-order valence-electron chi connectivity index (χ1n) is 7.73. The van der Waals surface area contributed by atoms with Crippen LogP contribution < -0.4 is 5.32 Å². The minimum atomic E-state index is 0.860. The molecule has 1 aromatic carbocycles. The van der Waals surface area contributed by atoms with Gasteiger partial charge in [0.05, 0.1) is 12.6 Å². The van der Waals surface area contributed by atoms with Crippen LogP contribution in [0.5, 0.6) is 0 Å². The molecule has 0 bridgehead atoms. The number of hydrogen-bond acceptors (Lipinski definition) is 0. The number of aromatic amines is 1. The highest BCUT2D eigenvalue weighted by Gasteiger charge is 2.23. The lowest BCUT2D eigenvalue weighted by Crippen LogP contribution is -2.92. The maximum absolute atomic E-state index is 3.37. The summed E-state index contributed by atoms with van der Waals surface area (Å²) in [5, 5.41) is 3.98. The van der Waals surface area contributed by atoms with Gasteiger partial charge in [0.15, 0.2) is 0 Å². The molecule has 3 N–H and O–H groups in total. The van der Waals surface area contributed by atoms with Crippen LogP contribution in [-0.2, 0) is 6.42 Å². The SMILES string of the molecule is C[C@H]1CCCC[C@@H]1[NH2+]CCc1c[nH]c2ccccc12. The van der Waals surface area contributed by atoms with E-state index < -0.39 is 0 Å². The molecule has 2 heteroatoms. The van der Waals surface area contributed by atoms with Gasteiger partial charge in [0.2, 0.25) is 0 Å². The summed E-state index contributed by atoms with van der Waals surface area (Å²) in [6.45, 7) is 3.64. The number of rotatable bonds is 4. The van der Waals surface area contributed by atoms with E-state index in [4.69, 9.17) is 0 Å². The van der Waals surface area contributed by atoms with Gasteiger partial charge in [0, 0.05) is 29.4 Å². The van der Waals surface area contributed by atoms with Crippen LogP contribution in [0.3, 0.4) is 0 Å². The molecular formula is C17H25N2+. The summed E-state index contributed by atoms with van der Waals surface area (Å²) < 4.78 is 0. The molecule has 0 spiro atoms. The van der Waals surface area contributed by atoms with Crippen molar-refractivity contribution in [2.45, 2.75) is 45.1 Å². The number of quaternary nitrogens is 1. The Kier molecular flexibility index (Phi) is 3.88. The summed E-state index contributed by atoms with van der Waals surface area (Å²) in [6, 6.07) is 9.47. The third-order valence-corrected chi connectivity index (χ3v) is 4.74. The van der Waals surface area contributed by atoms with E-state index in [9.17, 15) is 0 Å². The Balaban J connectivity index is 1.57. The molecule has 1 heterocycles. The van der Waals surface area contributed by atoms with Crippen LogP contribution in [0, 0.1) is 5.92 Å². The van der Waals surface area contributed by atoms with Crippen LogP contribution in [0.4, 0.5) is 0 Å². The summed E-state index contributed by atoms with van der Waals surface area (Å²) in [6.07, 6.45) is 9.06. The van der Waals surface area contributed by atoms with Crippen molar-refractivity contribution in [1.82, 2.24) is 4.98 Å². The molecule has 0 amide bonds. The van der Waals surface area contributed by atoms with Crippen LogP contribution in [0.25, 0.3) is 10.9 Å². The van der Waals surface area contributed by atoms with Gasteiger partial charge in [-0.2, -0.15) is 0 Å². The molecule has 2 atom stereocenters. The Hall–Kier alpha value is -1.28. The average Bonchev–Trinajstić information content (AvgIpc) is 2.85. The zero-order valence-electron chi connectivity index (χ0n) is 11.9. The number of H-pyrrole nitrogens is 1. The van der Waals surface area contributed by atoms with E-state index >= 15 is 0 Å². The summed E-state index contributed by atoms with van der Waals surface area (Å²) >= 11 is 0. The molecule has 2 aromatic rings. The van der Waals surface area contributed by atoms with Crippen LogP contribution in [0.15, 0.2) is 30.5 Å². The Morgan fingerprint density at radius 3 is 2.95 bits per heavy atom. The van der Waals surface area contributed by atoms with Crippen molar-refractivity contribution in [1.29, 1.82) is 0 Å². The fourth-order valence-electron chi connectivity index (χ4n) is 3.49. The lowest BCUT2D eigenvalue weighted by Gasteiger charge is -2.26. The third kappa shape index (κ3) is 2.84. The molecule has 2 nitrogen and oxygen atoms in total. The van der Waals surface area contributed by atoms with E-state index in [1.165, 1.54) is 55.1 Å². The van der Waals surface area contributed by atoms with Crippen LogP contribution in [0.1, 0.15) is 38.2 Å². The summed E-state index contributed by atoms with van der Waals surface area (Å²) in [5.41, 5.74) is 2.74. The Labute approximate surface area is 115 Å². The van der Waals surface area contributed by atoms with Gasteiger partial charge in [0.25, 0.3) is 0 Å². The number of nitrogens with one attached hydrogen (secondary N) is 1. The summed E-state index contributed by atoms with van der Waals surface area (Å²) in [7, 11) is 0. The number of nitrogens with two attached hydrogens (primary N) is 1. The highest BCUT2D eigenvalue weighted by atomic mass is 14.9. The second-order valence-electron chi connectivity index (χ2n) is 6.06. The molecule has 1 fully saturated rings. The fraction of sp³-hybridized carbons (Fsp3) is 0.529. The number of para-hydroxylation sites is 1. The lowest BCUT2D eigenvalue weighted by atomic mass is 9.86. The van der Waals surface area contributed by atoms with Gasteiger partial charge in [-0.1, -0.05) is 31.5 Å². The zero-order valence-corrected chi connectivity index (χ0v) is 11.9. The normalized spacial score (nSPS) is 23.8. The van der Waals surface area contributed by atoms with E-state index in [1.54, 1.807) is 0 Å². The van der Waals surface area contributed by atoms with Gasteiger partial charge >= 0.3 is 0 Å². The number of hydrogen-bond donors (Lipinski definition) is 2. The number of benzene rings is 1. The molecule has 0 unspecified atom stereocenters. The molecule has 1 saturated carbocycles. The minimum absolute atomic E-state index is 0.860. The number of fused-ring (bicyclic) bond motifs is 1. The first-order chi connectivity index (χ1) is 9.34. The number of aromatic nitrogens is 1. The van der Waals surface area contributed by atoms with E-state index in [1.807, 2.05) is 0 Å². The monoisotopic (exact) mass is 257 g/mol. The minimum Gasteiger partial charge on any atom is -0.361 e. The van der Waals surface area contributed by atoms with Crippen molar-refractivity contribution in [2.24, 2.45) is 5.92 Å². The molecule has 1 aliphatic carbocycles. The first kappa shape index (κ1) is 12.7.